The number of hydrogen-bond donors (Lipinski definition) is 1. The number of halogens is 2. The van der Waals surface area contributed by atoms with Gasteiger partial charge in [-0.05, 0) is 36.6 Å². The van der Waals surface area contributed by atoms with Crippen molar-refractivity contribution in [1.82, 2.24) is 0 Å². The van der Waals surface area contributed by atoms with Gasteiger partial charge < -0.3 is 10.0 Å². The monoisotopic (exact) mass is 321 g/mol. The molecule has 108 valence electrons. The minimum absolute atomic E-state index is 0.0952. The summed E-state index contributed by atoms with van der Waals surface area (Å²) in [5.41, 5.74) is 2.10. The van der Waals surface area contributed by atoms with Crippen molar-refractivity contribution < 1.29 is 9.90 Å². The highest BCUT2D eigenvalue weighted by Crippen LogP contribution is 2.34. The molecule has 1 amide bonds. The van der Waals surface area contributed by atoms with E-state index in [9.17, 15) is 9.90 Å². The maximum atomic E-state index is 12.8. The van der Waals surface area contributed by atoms with Gasteiger partial charge in [0.15, 0.2) is 0 Å². The molecular formula is C16H13Cl2NO2. The Hall–Kier alpha value is -1.71. The molecular weight excluding hydrogens is 309 g/mol. The van der Waals surface area contributed by atoms with Crippen LogP contribution in [0, 0.1) is 0 Å². The molecule has 3 nitrogen and oxygen atoms in total. The maximum Gasteiger partial charge on any atom is 0.263 e. The Morgan fingerprint density at radius 1 is 1.19 bits per heavy atom. The molecule has 0 saturated heterocycles. The van der Waals surface area contributed by atoms with Gasteiger partial charge >= 0.3 is 0 Å². The van der Waals surface area contributed by atoms with Gasteiger partial charge in [-0.3, -0.25) is 4.79 Å². The van der Waals surface area contributed by atoms with Crippen LogP contribution in [0.2, 0.25) is 10.0 Å². The molecule has 3 rings (SSSR count). The van der Waals surface area contributed by atoms with E-state index in [0.29, 0.717) is 11.6 Å². The van der Waals surface area contributed by atoms with E-state index in [0.717, 1.165) is 24.1 Å². The second-order valence-electron chi connectivity index (χ2n) is 4.97. The fourth-order valence-electron chi connectivity index (χ4n) is 2.65. The molecule has 1 aliphatic heterocycles. The molecule has 1 N–H and O–H groups in total. The Morgan fingerprint density at radius 3 is 2.71 bits per heavy atom. The average molecular weight is 322 g/mol. The number of nitrogens with zero attached hydrogens (tertiary/aromatic N) is 1. The summed E-state index contributed by atoms with van der Waals surface area (Å²) in [4.78, 5) is 14.4. The molecule has 0 unspecified atom stereocenters. The zero-order chi connectivity index (χ0) is 15.0. The van der Waals surface area contributed by atoms with Crippen LogP contribution >= 0.6 is 23.2 Å². The van der Waals surface area contributed by atoms with Crippen molar-refractivity contribution in [2.75, 3.05) is 11.4 Å². The zero-order valence-electron chi connectivity index (χ0n) is 11.1. The Bertz CT molecular complexity index is 692. The van der Waals surface area contributed by atoms with Crippen LogP contribution in [0.25, 0.3) is 0 Å². The van der Waals surface area contributed by atoms with E-state index >= 15 is 0 Å². The third-order valence-electron chi connectivity index (χ3n) is 3.60. The topological polar surface area (TPSA) is 40.5 Å². The highest BCUT2D eigenvalue weighted by Gasteiger charge is 2.27. The first kappa shape index (κ1) is 14.2. The number of amides is 1. The number of hydrogen-bond acceptors (Lipinski definition) is 2. The van der Waals surface area contributed by atoms with Gasteiger partial charge in [0.1, 0.15) is 11.3 Å². The molecule has 0 radical (unpaired) electrons. The van der Waals surface area contributed by atoms with Crippen LogP contribution in [0.4, 0.5) is 5.69 Å². The SMILES string of the molecule is O=C(c1c(O)cc(Cl)cc1Cl)N1CCCc2ccccc21. The number of phenols is 1. The molecule has 21 heavy (non-hydrogen) atoms. The Kier molecular flexibility index (Phi) is 3.79. The molecule has 0 fully saturated rings. The summed E-state index contributed by atoms with van der Waals surface area (Å²) in [6.45, 7) is 0.605. The van der Waals surface area contributed by atoms with Crippen molar-refractivity contribution >= 4 is 34.8 Å². The number of para-hydroxylation sites is 1. The number of aromatic hydroxyl groups is 1. The van der Waals surface area contributed by atoms with E-state index in [1.54, 1.807) is 4.90 Å². The normalized spacial score (nSPS) is 13.9. The number of anilines is 1. The van der Waals surface area contributed by atoms with Crippen molar-refractivity contribution in [3.63, 3.8) is 0 Å². The highest BCUT2D eigenvalue weighted by atomic mass is 35.5. The van der Waals surface area contributed by atoms with Gasteiger partial charge in [-0.2, -0.15) is 0 Å². The predicted molar refractivity (Wildman–Crippen MR) is 84.6 cm³/mol. The van der Waals surface area contributed by atoms with E-state index in [1.165, 1.54) is 12.1 Å². The summed E-state index contributed by atoms with van der Waals surface area (Å²) in [7, 11) is 0. The average Bonchev–Trinajstić information content (AvgIpc) is 2.45. The fraction of sp³-hybridized carbons (Fsp3) is 0.188. The summed E-state index contributed by atoms with van der Waals surface area (Å²) in [5.74, 6) is -0.498. The van der Waals surface area contributed by atoms with Gasteiger partial charge in [0, 0.05) is 17.3 Å². The van der Waals surface area contributed by atoms with E-state index < -0.39 is 0 Å². The smallest absolute Gasteiger partial charge is 0.263 e. The third-order valence-corrected chi connectivity index (χ3v) is 4.12. The number of phenolic OH excluding ortho intramolecular Hbond substituents is 1. The van der Waals surface area contributed by atoms with Gasteiger partial charge in [0.25, 0.3) is 5.91 Å². The number of fused-ring (bicyclic) bond motifs is 1. The van der Waals surface area contributed by atoms with E-state index in [1.807, 2.05) is 24.3 Å². The molecule has 0 saturated carbocycles. The lowest BCUT2D eigenvalue weighted by molar-refractivity contribution is 0.0982. The summed E-state index contributed by atoms with van der Waals surface area (Å²) >= 11 is 11.9. The van der Waals surface area contributed by atoms with Crippen molar-refractivity contribution in [3.05, 3.63) is 57.6 Å². The number of rotatable bonds is 1. The molecule has 0 atom stereocenters. The van der Waals surface area contributed by atoms with Crippen LogP contribution < -0.4 is 4.90 Å². The van der Waals surface area contributed by atoms with E-state index in [-0.39, 0.29) is 22.2 Å². The second kappa shape index (κ2) is 5.58. The predicted octanol–water partition coefficient (Wildman–Crippen LogP) is 4.29. The van der Waals surface area contributed by atoms with E-state index in [2.05, 4.69) is 0 Å². The van der Waals surface area contributed by atoms with Gasteiger partial charge in [-0.1, -0.05) is 41.4 Å². The summed E-state index contributed by atoms with van der Waals surface area (Å²) < 4.78 is 0. The number of carbonyl (C=O) groups excluding carboxylic acids is 1. The lowest BCUT2D eigenvalue weighted by atomic mass is 10.0. The van der Waals surface area contributed by atoms with Crippen molar-refractivity contribution in [2.24, 2.45) is 0 Å². The van der Waals surface area contributed by atoms with Gasteiger partial charge in [0.05, 0.1) is 5.02 Å². The van der Waals surface area contributed by atoms with Crippen LogP contribution in [-0.2, 0) is 6.42 Å². The first-order chi connectivity index (χ1) is 10.1. The summed E-state index contributed by atoms with van der Waals surface area (Å²) in [6.07, 6.45) is 1.83. The molecule has 0 bridgehead atoms. The standard InChI is InChI=1S/C16H13Cl2NO2/c17-11-8-12(18)15(14(20)9-11)16(21)19-7-3-5-10-4-1-2-6-13(10)19/h1-2,4,6,8-9,20H,3,5,7H2. The van der Waals surface area contributed by atoms with Crippen molar-refractivity contribution in [3.8, 4) is 5.75 Å². The van der Waals surface area contributed by atoms with Crippen LogP contribution in [0.3, 0.4) is 0 Å². The largest absolute Gasteiger partial charge is 0.507 e. The number of benzene rings is 2. The molecule has 0 spiro atoms. The first-order valence-corrected chi connectivity index (χ1v) is 7.41. The minimum Gasteiger partial charge on any atom is -0.507 e. The Morgan fingerprint density at radius 2 is 1.95 bits per heavy atom. The highest BCUT2D eigenvalue weighted by molar-refractivity contribution is 6.37. The lowest BCUT2D eigenvalue weighted by Crippen LogP contribution is -2.35. The molecule has 0 aliphatic carbocycles. The molecule has 1 heterocycles. The summed E-state index contributed by atoms with van der Waals surface area (Å²) in [6, 6.07) is 10.6. The van der Waals surface area contributed by atoms with Crippen molar-refractivity contribution in [2.45, 2.75) is 12.8 Å². The van der Waals surface area contributed by atoms with Crippen molar-refractivity contribution in [1.29, 1.82) is 0 Å². The molecule has 0 aromatic heterocycles. The van der Waals surface area contributed by atoms with Crippen LogP contribution in [0.5, 0.6) is 5.75 Å². The number of aryl methyl sites for hydroxylation is 1. The number of carbonyl (C=O) groups is 1. The maximum absolute atomic E-state index is 12.8. The zero-order valence-corrected chi connectivity index (χ0v) is 12.7. The first-order valence-electron chi connectivity index (χ1n) is 6.65. The second-order valence-corrected chi connectivity index (χ2v) is 5.81. The van der Waals surface area contributed by atoms with Crippen LogP contribution in [0.15, 0.2) is 36.4 Å². The lowest BCUT2D eigenvalue weighted by Gasteiger charge is -2.30. The Balaban J connectivity index is 2.05. The Labute approximate surface area is 132 Å². The van der Waals surface area contributed by atoms with Gasteiger partial charge in [-0.25, -0.2) is 0 Å². The molecule has 2 aromatic carbocycles. The summed E-state index contributed by atoms with van der Waals surface area (Å²) in [5, 5.41) is 10.5. The van der Waals surface area contributed by atoms with Gasteiger partial charge in [0.2, 0.25) is 0 Å². The quantitative estimate of drug-likeness (QED) is 0.851. The molecule has 1 aliphatic rings. The van der Waals surface area contributed by atoms with Gasteiger partial charge in [-0.15, -0.1) is 0 Å². The van der Waals surface area contributed by atoms with Crippen LogP contribution in [-0.4, -0.2) is 17.6 Å². The molecule has 5 heteroatoms. The minimum atomic E-state index is -0.304. The van der Waals surface area contributed by atoms with Crippen LogP contribution in [0.1, 0.15) is 22.3 Å². The fourth-order valence-corrected chi connectivity index (χ4v) is 3.21. The molecule has 2 aromatic rings. The third kappa shape index (κ3) is 2.59. The van der Waals surface area contributed by atoms with E-state index in [4.69, 9.17) is 23.2 Å².